The molecular formula is C41H68B2O7S2. The smallest absolute Gasteiger partial charge is 0.481 e. The number of hydrogen-bond donors (Lipinski definition) is 2. The molecule has 0 spiro atoms. The zero-order chi connectivity index (χ0) is 36.9. The van der Waals surface area contributed by atoms with Gasteiger partial charge in [0, 0.05) is 15.1 Å². The lowest BCUT2D eigenvalue weighted by molar-refractivity contribution is 0.0395. The van der Waals surface area contributed by atoms with Crippen molar-refractivity contribution in [1.82, 2.24) is 0 Å². The Morgan fingerprint density at radius 2 is 0.981 bits per heavy atom. The van der Waals surface area contributed by atoms with Crippen molar-refractivity contribution in [3.63, 3.8) is 0 Å². The molecule has 2 saturated heterocycles. The Kier molecular flexibility index (Phi) is 16.9. The molecule has 2 aromatic heterocycles. The number of ether oxygens (including phenoxy) is 1. The highest BCUT2D eigenvalue weighted by atomic mass is 32.1. The van der Waals surface area contributed by atoms with E-state index in [0.29, 0.717) is 13.2 Å². The second kappa shape index (κ2) is 20.8. The van der Waals surface area contributed by atoms with E-state index in [1.54, 1.807) is 22.7 Å². The van der Waals surface area contributed by atoms with Crippen LogP contribution in [0.25, 0.3) is 9.75 Å². The molecule has 3 aliphatic rings. The Balaban J connectivity index is 1.33. The van der Waals surface area contributed by atoms with Crippen LogP contribution in [0.15, 0.2) is 12.1 Å². The molecule has 0 aliphatic carbocycles. The van der Waals surface area contributed by atoms with Crippen molar-refractivity contribution in [2.24, 2.45) is 0 Å². The summed E-state index contributed by atoms with van der Waals surface area (Å²) < 4.78 is 34.1. The SMILES string of the molecule is CCCCCCCCCCCCC1(CCCCCCCCCCCC)Oc2cc(B3OCC(C)(CO)O3)sc2-c2sc(B3OCC(C)(CO)O3)cc21. The lowest BCUT2D eigenvalue weighted by Gasteiger charge is -2.38. The summed E-state index contributed by atoms with van der Waals surface area (Å²) in [5.74, 6) is 0.915. The number of aliphatic hydroxyl groups excluding tert-OH is 2. The van der Waals surface area contributed by atoms with Crippen molar-refractivity contribution in [2.75, 3.05) is 26.4 Å². The fraction of sp³-hybridized carbons (Fsp3) is 0.805. The summed E-state index contributed by atoms with van der Waals surface area (Å²) in [6.07, 6.45) is 28.1. The first kappa shape index (κ1) is 42.2. The van der Waals surface area contributed by atoms with E-state index in [1.807, 2.05) is 13.8 Å². The lowest BCUT2D eigenvalue weighted by Crippen LogP contribution is -2.38. The Hall–Kier alpha value is -0.910. The predicted octanol–water partition coefficient (Wildman–Crippen LogP) is 9.67. The summed E-state index contributed by atoms with van der Waals surface area (Å²) >= 11 is 3.41. The van der Waals surface area contributed by atoms with Gasteiger partial charge < -0.3 is 33.6 Å². The molecule has 5 heterocycles. The summed E-state index contributed by atoms with van der Waals surface area (Å²) in [6.45, 7) is 8.93. The van der Waals surface area contributed by atoms with Gasteiger partial charge >= 0.3 is 14.2 Å². The number of thiophene rings is 2. The number of hydrogen-bond acceptors (Lipinski definition) is 9. The summed E-state index contributed by atoms with van der Waals surface area (Å²) in [5.41, 5.74) is -0.570. The van der Waals surface area contributed by atoms with E-state index in [4.69, 9.17) is 23.4 Å². The van der Waals surface area contributed by atoms with Crippen molar-refractivity contribution in [3.05, 3.63) is 17.7 Å². The van der Waals surface area contributed by atoms with Crippen molar-refractivity contribution >= 4 is 46.5 Å². The maximum atomic E-state index is 10.0. The van der Waals surface area contributed by atoms with Gasteiger partial charge in [-0.2, -0.15) is 0 Å². The molecule has 3 aliphatic heterocycles. The van der Waals surface area contributed by atoms with Gasteiger partial charge in [-0.25, -0.2) is 0 Å². The highest BCUT2D eigenvalue weighted by Gasteiger charge is 2.48. The minimum Gasteiger partial charge on any atom is -0.481 e. The molecule has 5 rings (SSSR count). The highest BCUT2D eigenvalue weighted by molar-refractivity contribution is 7.31. The van der Waals surface area contributed by atoms with Crippen LogP contribution in [-0.4, -0.2) is 62.1 Å². The molecule has 0 amide bonds. The minimum atomic E-state index is -0.706. The number of aliphatic hydroxyl groups is 2. The van der Waals surface area contributed by atoms with Crippen molar-refractivity contribution < 1.29 is 33.6 Å². The van der Waals surface area contributed by atoms with Gasteiger partial charge in [-0.15, -0.1) is 22.7 Å². The molecule has 0 bridgehead atoms. The topological polar surface area (TPSA) is 86.6 Å². The van der Waals surface area contributed by atoms with E-state index in [-0.39, 0.29) is 13.2 Å². The molecule has 2 N–H and O–H groups in total. The second-order valence-corrected chi connectivity index (χ2v) is 18.6. The molecule has 0 radical (unpaired) electrons. The predicted molar refractivity (Wildman–Crippen MR) is 219 cm³/mol. The van der Waals surface area contributed by atoms with Gasteiger partial charge in [0.15, 0.2) is 0 Å². The molecule has 292 valence electrons. The Bertz CT molecular complexity index is 1310. The molecule has 0 saturated carbocycles. The molecule has 2 unspecified atom stereocenters. The first-order valence-corrected chi connectivity index (χ1v) is 22.7. The van der Waals surface area contributed by atoms with Gasteiger partial charge in [-0.3, -0.25) is 0 Å². The van der Waals surface area contributed by atoms with E-state index in [9.17, 15) is 10.2 Å². The first-order chi connectivity index (χ1) is 25.3. The maximum Gasteiger partial charge on any atom is 0.505 e. The molecule has 2 aromatic rings. The van der Waals surface area contributed by atoms with Crippen LogP contribution in [0.1, 0.15) is 175 Å². The average molecular weight is 759 g/mol. The first-order valence-electron chi connectivity index (χ1n) is 21.1. The highest BCUT2D eigenvalue weighted by Crippen LogP contribution is 2.53. The molecule has 11 heteroatoms. The zero-order valence-corrected chi connectivity index (χ0v) is 34.6. The molecule has 7 nitrogen and oxygen atoms in total. The van der Waals surface area contributed by atoms with E-state index in [2.05, 4.69) is 26.0 Å². The van der Waals surface area contributed by atoms with Crippen LogP contribution in [0, 0.1) is 0 Å². The van der Waals surface area contributed by atoms with Crippen LogP contribution in [0.4, 0.5) is 0 Å². The maximum absolute atomic E-state index is 10.0. The molecule has 0 aromatic carbocycles. The fourth-order valence-corrected chi connectivity index (χ4v) is 10.4. The number of unbranched alkanes of at least 4 members (excludes halogenated alkanes) is 18. The Morgan fingerprint density at radius 1 is 0.577 bits per heavy atom. The van der Waals surface area contributed by atoms with Gasteiger partial charge in [0.05, 0.1) is 47.4 Å². The van der Waals surface area contributed by atoms with Crippen LogP contribution in [0.5, 0.6) is 5.75 Å². The third-order valence-electron chi connectivity index (χ3n) is 11.3. The van der Waals surface area contributed by atoms with E-state index < -0.39 is 31.0 Å². The standard InChI is InChI=1S/C41H68B2O7S2/c1-5-7-9-11-13-15-17-19-21-23-25-41(26-24-22-20-18-16-14-12-10-8-6-2)33-27-35(42-46-31-39(3,29-44)49-42)51-37(33)38-34(48-41)28-36(52-38)43-47-32-40(4,30-45)50-43/h27-28,44-45H,5-26,29-32H2,1-4H3. The van der Waals surface area contributed by atoms with Gasteiger partial charge in [-0.1, -0.05) is 129 Å². The summed E-state index contributed by atoms with van der Waals surface area (Å²) in [6, 6.07) is 4.43. The van der Waals surface area contributed by atoms with Crippen molar-refractivity contribution in [1.29, 1.82) is 0 Å². The van der Waals surface area contributed by atoms with Crippen LogP contribution in [0.3, 0.4) is 0 Å². The largest absolute Gasteiger partial charge is 0.505 e. The molecule has 2 atom stereocenters. The quantitative estimate of drug-likeness (QED) is 0.0730. The van der Waals surface area contributed by atoms with Gasteiger partial charge in [-0.05, 0) is 51.7 Å². The van der Waals surface area contributed by atoms with Gasteiger partial charge in [0.2, 0.25) is 0 Å². The van der Waals surface area contributed by atoms with Crippen LogP contribution in [-0.2, 0) is 24.2 Å². The van der Waals surface area contributed by atoms with Gasteiger partial charge in [0.25, 0.3) is 0 Å². The number of fused-ring (bicyclic) bond motifs is 3. The normalized spacial score (nSPS) is 22.3. The number of rotatable bonds is 26. The molecule has 52 heavy (non-hydrogen) atoms. The second-order valence-electron chi connectivity index (χ2n) is 16.4. The van der Waals surface area contributed by atoms with E-state index >= 15 is 0 Å². The summed E-state index contributed by atoms with van der Waals surface area (Å²) in [5, 5.41) is 19.9. The third-order valence-corrected chi connectivity index (χ3v) is 13.8. The summed E-state index contributed by atoms with van der Waals surface area (Å²) in [7, 11) is -1.03. The monoisotopic (exact) mass is 758 g/mol. The molecular weight excluding hydrogens is 690 g/mol. The summed E-state index contributed by atoms with van der Waals surface area (Å²) in [4.78, 5) is 2.34. The van der Waals surface area contributed by atoms with E-state index in [0.717, 1.165) is 45.9 Å². The Morgan fingerprint density at radius 3 is 1.40 bits per heavy atom. The third kappa shape index (κ3) is 11.3. The zero-order valence-electron chi connectivity index (χ0n) is 32.9. The van der Waals surface area contributed by atoms with Crippen LogP contribution < -0.4 is 14.3 Å². The Labute approximate surface area is 324 Å². The van der Waals surface area contributed by atoms with Crippen molar-refractivity contribution in [2.45, 2.75) is 186 Å². The molecule has 2 fully saturated rings. The minimum absolute atomic E-state index is 0.0777. The fourth-order valence-electron chi connectivity index (χ4n) is 7.94. The lowest BCUT2D eigenvalue weighted by atomic mass is 9.79. The van der Waals surface area contributed by atoms with E-state index in [1.165, 1.54) is 126 Å². The van der Waals surface area contributed by atoms with Gasteiger partial charge in [0.1, 0.15) is 11.4 Å². The van der Waals surface area contributed by atoms with Crippen LogP contribution >= 0.6 is 22.7 Å². The average Bonchev–Trinajstić information content (AvgIpc) is 3.95. The van der Waals surface area contributed by atoms with Crippen LogP contribution in [0.2, 0.25) is 0 Å². The van der Waals surface area contributed by atoms with Crippen molar-refractivity contribution in [3.8, 4) is 15.5 Å².